The molecule has 13 heavy (non-hydrogen) atoms. The summed E-state index contributed by atoms with van der Waals surface area (Å²) in [7, 11) is 0. The van der Waals surface area contributed by atoms with E-state index < -0.39 is 6.29 Å². The Hall–Kier alpha value is -1.30. The zero-order chi connectivity index (χ0) is 9.68. The summed E-state index contributed by atoms with van der Waals surface area (Å²) >= 11 is 0. The Morgan fingerprint density at radius 2 is 2.08 bits per heavy atom. The third-order valence-corrected chi connectivity index (χ3v) is 1.69. The molecule has 1 N–H and O–H groups in total. The van der Waals surface area contributed by atoms with Gasteiger partial charge in [0, 0.05) is 17.7 Å². The highest BCUT2D eigenvalue weighted by atomic mass is 16.6. The molecule has 1 aromatic rings. The highest BCUT2D eigenvalue weighted by molar-refractivity contribution is 5.34. The number of ether oxygens (including phenoxy) is 1. The van der Waals surface area contributed by atoms with E-state index in [1.165, 1.54) is 0 Å². The molecule has 1 atom stereocenters. The average Bonchev–Trinajstić information content (AvgIpc) is 2.18. The second kappa shape index (κ2) is 4.66. The summed E-state index contributed by atoms with van der Waals surface area (Å²) in [6, 6.07) is 7.07. The first kappa shape index (κ1) is 9.79. The van der Waals surface area contributed by atoms with E-state index in [2.05, 4.69) is 5.92 Å². The minimum Gasteiger partial charge on any atom is -0.364 e. The topological polar surface area (TPSA) is 29.5 Å². The Morgan fingerprint density at radius 3 is 2.54 bits per heavy atom. The molecule has 0 saturated carbocycles. The molecular weight excluding hydrogens is 164 g/mol. The average molecular weight is 176 g/mol. The largest absolute Gasteiger partial charge is 0.364 e. The van der Waals surface area contributed by atoms with Gasteiger partial charge in [0.1, 0.15) is 0 Å². The number of aliphatic hydroxyl groups excluding tert-OH is 1. The first-order chi connectivity index (χ1) is 6.27. The molecule has 0 fully saturated rings. The normalized spacial score (nSPS) is 12.1. The Kier molecular flexibility index (Phi) is 3.51. The van der Waals surface area contributed by atoms with Crippen molar-refractivity contribution in [3.63, 3.8) is 0 Å². The first-order valence-electron chi connectivity index (χ1n) is 4.14. The van der Waals surface area contributed by atoms with Crippen molar-refractivity contribution in [2.24, 2.45) is 0 Å². The van der Waals surface area contributed by atoms with E-state index in [1.54, 1.807) is 24.3 Å². The van der Waals surface area contributed by atoms with Crippen molar-refractivity contribution in [2.75, 3.05) is 6.61 Å². The summed E-state index contributed by atoms with van der Waals surface area (Å²) in [6.45, 7) is 2.32. The van der Waals surface area contributed by atoms with E-state index in [0.29, 0.717) is 6.61 Å². The van der Waals surface area contributed by atoms with Crippen molar-refractivity contribution in [1.29, 1.82) is 0 Å². The molecule has 1 aromatic carbocycles. The molecule has 1 rings (SSSR count). The molecule has 0 aromatic heterocycles. The summed E-state index contributed by atoms with van der Waals surface area (Å²) in [5, 5.41) is 9.41. The summed E-state index contributed by atoms with van der Waals surface area (Å²) in [5.41, 5.74) is 1.52. The third-order valence-electron chi connectivity index (χ3n) is 1.69. The summed E-state index contributed by atoms with van der Waals surface area (Å²) in [6.07, 6.45) is 4.34. The van der Waals surface area contributed by atoms with Crippen molar-refractivity contribution in [1.82, 2.24) is 0 Å². The number of benzene rings is 1. The molecule has 2 nitrogen and oxygen atoms in total. The number of hydrogen-bond acceptors (Lipinski definition) is 2. The van der Waals surface area contributed by atoms with Gasteiger partial charge < -0.3 is 9.84 Å². The van der Waals surface area contributed by atoms with E-state index >= 15 is 0 Å². The standard InChI is InChI=1S/C11H12O2/c1-3-9-5-7-10(8-6-9)11(12)13-4-2/h1,5-8,11-12H,4H2,2H3. The second-order valence-corrected chi connectivity index (χ2v) is 2.57. The van der Waals surface area contributed by atoms with Crippen molar-refractivity contribution >= 4 is 0 Å². The van der Waals surface area contributed by atoms with Crippen LogP contribution in [-0.2, 0) is 4.74 Å². The van der Waals surface area contributed by atoms with Gasteiger partial charge in [-0.25, -0.2) is 0 Å². The predicted octanol–water partition coefficient (Wildman–Crippen LogP) is 1.70. The van der Waals surface area contributed by atoms with E-state index in [-0.39, 0.29) is 0 Å². The van der Waals surface area contributed by atoms with E-state index in [0.717, 1.165) is 11.1 Å². The van der Waals surface area contributed by atoms with Crippen LogP contribution in [0.3, 0.4) is 0 Å². The van der Waals surface area contributed by atoms with Gasteiger partial charge in [-0.2, -0.15) is 0 Å². The van der Waals surface area contributed by atoms with Gasteiger partial charge in [-0.05, 0) is 19.1 Å². The fourth-order valence-corrected chi connectivity index (χ4v) is 0.998. The third kappa shape index (κ3) is 2.59. The van der Waals surface area contributed by atoms with E-state index in [4.69, 9.17) is 11.2 Å². The first-order valence-corrected chi connectivity index (χ1v) is 4.14. The van der Waals surface area contributed by atoms with Gasteiger partial charge in [-0.15, -0.1) is 6.42 Å². The molecule has 0 aliphatic heterocycles. The number of hydrogen-bond donors (Lipinski definition) is 1. The van der Waals surface area contributed by atoms with Crippen LogP contribution in [0.4, 0.5) is 0 Å². The molecule has 0 aliphatic carbocycles. The Bertz CT molecular complexity index is 295. The Morgan fingerprint density at radius 1 is 1.46 bits per heavy atom. The van der Waals surface area contributed by atoms with Crippen molar-refractivity contribution in [2.45, 2.75) is 13.2 Å². The minimum absolute atomic E-state index is 0.484. The Labute approximate surface area is 78.2 Å². The maximum atomic E-state index is 9.41. The highest BCUT2D eigenvalue weighted by Crippen LogP contribution is 2.14. The van der Waals surface area contributed by atoms with Crippen molar-refractivity contribution < 1.29 is 9.84 Å². The number of rotatable bonds is 3. The lowest BCUT2D eigenvalue weighted by molar-refractivity contribution is -0.0979. The summed E-state index contributed by atoms with van der Waals surface area (Å²) in [5.74, 6) is 2.50. The van der Waals surface area contributed by atoms with Gasteiger partial charge in [0.25, 0.3) is 0 Å². The highest BCUT2D eigenvalue weighted by Gasteiger charge is 2.04. The van der Waals surface area contributed by atoms with E-state index in [1.807, 2.05) is 6.92 Å². The number of aliphatic hydroxyl groups is 1. The van der Waals surface area contributed by atoms with Gasteiger partial charge in [0.2, 0.25) is 0 Å². The van der Waals surface area contributed by atoms with Gasteiger partial charge in [0.05, 0.1) is 0 Å². The van der Waals surface area contributed by atoms with Gasteiger partial charge in [-0.3, -0.25) is 0 Å². The monoisotopic (exact) mass is 176 g/mol. The molecular formula is C11H12O2. The summed E-state index contributed by atoms with van der Waals surface area (Å²) in [4.78, 5) is 0. The van der Waals surface area contributed by atoms with Crippen LogP contribution in [0.5, 0.6) is 0 Å². The second-order valence-electron chi connectivity index (χ2n) is 2.57. The molecule has 0 saturated heterocycles. The summed E-state index contributed by atoms with van der Waals surface area (Å²) < 4.78 is 5.01. The fourth-order valence-electron chi connectivity index (χ4n) is 0.998. The van der Waals surface area contributed by atoms with Crippen LogP contribution >= 0.6 is 0 Å². The fraction of sp³-hybridized carbons (Fsp3) is 0.273. The lowest BCUT2D eigenvalue weighted by Gasteiger charge is -2.10. The van der Waals surface area contributed by atoms with Crippen LogP contribution in [0.15, 0.2) is 24.3 Å². The Balaban J connectivity index is 2.75. The van der Waals surface area contributed by atoms with Crippen molar-refractivity contribution in [3.05, 3.63) is 35.4 Å². The lowest BCUT2D eigenvalue weighted by Crippen LogP contribution is -2.02. The molecule has 0 aliphatic rings. The van der Waals surface area contributed by atoms with Gasteiger partial charge in [0.15, 0.2) is 6.29 Å². The van der Waals surface area contributed by atoms with Crippen LogP contribution in [0.1, 0.15) is 24.3 Å². The molecule has 0 radical (unpaired) electrons. The van der Waals surface area contributed by atoms with Crippen molar-refractivity contribution in [3.8, 4) is 12.3 Å². The zero-order valence-corrected chi connectivity index (χ0v) is 7.53. The maximum absolute atomic E-state index is 9.41. The SMILES string of the molecule is C#Cc1ccc(C(O)OCC)cc1. The predicted molar refractivity (Wildman–Crippen MR) is 51.0 cm³/mol. The molecule has 1 unspecified atom stereocenters. The molecule has 0 heterocycles. The quantitative estimate of drug-likeness (QED) is 0.561. The molecule has 0 bridgehead atoms. The lowest BCUT2D eigenvalue weighted by atomic mass is 10.1. The molecule has 68 valence electrons. The maximum Gasteiger partial charge on any atom is 0.181 e. The van der Waals surface area contributed by atoms with E-state index in [9.17, 15) is 5.11 Å². The van der Waals surface area contributed by atoms with Crippen LogP contribution in [0.25, 0.3) is 0 Å². The van der Waals surface area contributed by atoms with Gasteiger partial charge in [-0.1, -0.05) is 18.1 Å². The minimum atomic E-state index is -0.850. The van der Waals surface area contributed by atoms with Crippen LogP contribution in [0.2, 0.25) is 0 Å². The molecule has 0 spiro atoms. The van der Waals surface area contributed by atoms with Crippen LogP contribution < -0.4 is 0 Å². The van der Waals surface area contributed by atoms with Gasteiger partial charge >= 0.3 is 0 Å². The number of terminal acetylenes is 1. The molecule has 0 amide bonds. The molecule has 2 heteroatoms. The van der Waals surface area contributed by atoms with Crippen LogP contribution in [-0.4, -0.2) is 11.7 Å². The zero-order valence-electron chi connectivity index (χ0n) is 7.53. The smallest absolute Gasteiger partial charge is 0.181 e. The van der Waals surface area contributed by atoms with Crippen LogP contribution in [0, 0.1) is 12.3 Å².